The Bertz CT molecular complexity index is 686. The second-order valence-electron chi connectivity index (χ2n) is 5.50. The lowest BCUT2D eigenvalue weighted by atomic mass is 10.0. The van der Waals surface area contributed by atoms with Gasteiger partial charge in [-0.15, -0.1) is 0 Å². The van der Waals surface area contributed by atoms with Gasteiger partial charge in [-0.3, -0.25) is 4.79 Å². The third kappa shape index (κ3) is 4.90. The van der Waals surface area contributed by atoms with E-state index >= 15 is 0 Å². The first-order chi connectivity index (χ1) is 11.5. The maximum Gasteiger partial charge on any atom is 0.258 e. The lowest BCUT2D eigenvalue weighted by Crippen LogP contribution is -2.32. The molecule has 0 saturated heterocycles. The lowest BCUT2D eigenvalue weighted by molar-refractivity contribution is -0.123. The first-order valence-electron chi connectivity index (χ1n) is 7.85. The van der Waals surface area contributed by atoms with Crippen LogP contribution in [0.3, 0.4) is 0 Å². The van der Waals surface area contributed by atoms with E-state index in [2.05, 4.69) is 5.32 Å². The quantitative estimate of drug-likeness (QED) is 0.812. The van der Waals surface area contributed by atoms with Gasteiger partial charge in [0.25, 0.3) is 5.91 Å². The van der Waals surface area contributed by atoms with Crippen LogP contribution >= 0.6 is 11.6 Å². The van der Waals surface area contributed by atoms with Crippen molar-refractivity contribution >= 4 is 17.5 Å². The Kier molecular flexibility index (Phi) is 6.50. The van der Waals surface area contributed by atoms with Crippen molar-refractivity contribution in [1.82, 2.24) is 5.32 Å². The summed E-state index contributed by atoms with van der Waals surface area (Å²) in [5.74, 6) is 1.26. The van der Waals surface area contributed by atoms with Crippen LogP contribution in [0.5, 0.6) is 11.5 Å². The van der Waals surface area contributed by atoms with Crippen molar-refractivity contribution in [2.45, 2.75) is 26.3 Å². The number of amides is 1. The molecule has 0 radical (unpaired) electrons. The van der Waals surface area contributed by atoms with Gasteiger partial charge in [0.15, 0.2) is 6.61 Å². The van der Waals surface area contributed by atoms with Gasteiger partial charge < -0.3 is 14.8 Å². The molecule has 0 saturated carbocycles. The van der Waals surface area contributed by atoms with Crippen LogP contribution in [0.1, 0.15) is 30.5 Å². The first kappa shape index (κ1) is 18.1. The predicted molar refractivity (Wildman–Crippen MR) is 95.9 cm³/mol. The predicted octanol–water partition coefficient (Wildman–Crippen LogP) is 4.30. The summed E-state index contributed by atoms with van der Waals surface area (Å²) in [5, 5.41) is 3.66. The molecule has 0 bridgehead atoms. The summed E-state index contributed by atoms with van der Waals surface area (Å²) in [4.78, 5) is 12.1. The summed E-state index contributed by atoms with van der Waals surface area (Å²) in [7, 11) is 1.63. The topological polar surface area (TPSA) is 47.6 Å². The van der Waals surface area contributed by atoms with Crippen LogP contribution < -0.4 is 14.8 Å². The van der Waals surface area contributed by atoms with Crippen molar-refractivity contribution in [3.8, 4) is 11.5 Å². The van der Waals surface area contributed by atoms with Gasteiger partial charge in [-0.05, 0) is 54.8 Å². The largest absolute Gasteiger partial charge is 0.497 e. The van der Waals surface area contributed by atoms with Crippen molar-refractivity contribution in [1.29, 1.82) is 0 Å². The van der Waals surface area contributed by atoms with Crippen molar-refractivity contribution in [3.05, 3.63) is 58.6 Å². The van der Waals surface area contributed by atoms with Crippen LogP contribution in [-0.2, 0) is 4.79 Å². The number of hydrogen-bond acceptors (Lipinski definition) is 3. The van der Waals surface area contributed by atoms with Crippen LogP contribution in [0.15, 0.2) is 42.5 Å². The molecule has 2 aromatic rings. The molecule has 0 aliphatic heterocycles. The number of carbonyl (C=O) groups excluding carboxylic acids is 1. The number of nitrogens with one attached hydrogen (secondary N) is 1. The third-order valence-electron chi connectivity index (χ3n) is 3.76. The highest BCUT2D eigenvalue weighted by Crippen LogP contribution is 2.22. The summed E-state index contributed by atoms with van der Waals surface area (Å²) in [6, 6.07) is 13.0. The molecule has 0 aromatic heterocycles. The Balaban J connectivity index is 1.92. The average Bonchev–Trinajstić information content (AvgIpc) is 2.61. The standard InChI is InChI=1S/C19H22ClNO3/c1-4-18(14-5-7-15(23-3)8-6-14)21-19(22)12-24-16-9-10-17(20)13(2)11-16/h5-11,18H,4,12H2,1-3H3,(H,21,22). The number of rotatable bonds is 7. The maximum absolute atomic E-state index is 12.1. The van der Waals surface area contributed by atoms with Gasteiger partial charge in [-0.1, -0.05) is 30.7 Å². The number of ether oxygens (including phenoxy) is 2. The maximum atomic E-state index is 12.1. The third-order valence-corrected chi connectivity index (χ3v) is 4.19. The zero-order chi connectivity index (χ0) is 17.5. The number of aryl methyl sites for hydroxylation is 1. The molecule has 2 aromatic carbocycles. The molecule has 0 aliphatic carbocycles. The molecule has 4 nitrogen and oxygen atoms in total. The number of carbonyl (C=O) groups is 1. The second-order valence-corrected chi connectivity index (χ2v) is 5.91. The highest BCUT2D eigenvalue weighted by atomic mass is 35.5. The van der Waals surface area contributed by atoms with Crippen LogP contribution in [0.25, 0.3) is 0 Å². The minimum Gasteiger partial charge on any atom is -0.497 e. The molecule has 1 unspecified atom stereocenters. The number of hydrogen-bond donors (Lipinski definition) is 1. The Morgan fingerprint density at radius 3 is 2.42 bits per heavy atom. The van der Waals surface area contributed by atoms with E-state index in [0.29, 0.717) is 10.8 Å². The zero-order valence-corrected chi connectivity index (χ0v) is 14.9. The Hall–Kier alpha value is -2.20. The number of halogens is 1. The van der Waals surface area contributed by atoms with Crippen LogP contribution in [0.4, 0.5) is 0 Å². The highest BCUT2D eigenvalue weighted by molar-refractivity contribution is 6.31. The monoisotopic (exact) mass is 347 g/mol. The average molecular weight is 348 g/mol. The van der Waals surface area contributed by atoms with E-state index in [1.165, 1.54) is 0 Å². The molecule has 1 atom stereocenters. The van der Waals surface area contributed by atoms with Gasteiger partial charge >= 0.3 is 0 Å². The molecule has 128 valence electrons. The van der Waals surface area contributed by atoms with E-state index in [4.69, 9.17) is 21.1 Å². The molecular weight excluding hydrogens is 326 g/mol. The summed E-state index contributed by atoms with van der Waals surface area (Å²) in [5.41, 5.74) is 1.95. The second kappa shape index (κ2) is 8.60. The van der Waals surface area contributed by atoms with Crippen molar-refractivity contribution < 1.29 is 14.3 Å². The van der Waals surface area contributed by atoms with Gasteiger partial charge in [-0.25, -0.2) is 0 Å². The molecule has 2 rings (SSSR count). The van der Waals surface area contributed by atoms with Crippen LogP contribution in [-0.4, -0.2) is 19.6 Å². The molecule has 1 N–H and O–H groups in total. The van der Waals surface area contributed by atoms with E-state index in [9.17, 15) is 4.79 Å². The minimum absolute atomic E-state index is 0.0340. The molecule has 0 spiro atoms. The summed E-state index contributed by atoms with van der Waals surface area (Å²) in [6.07, 6.45) is 0.790. The zero-order valence-electron chi connectivity index (χ0n) is 14.1. The smallest absolute Gasteiger partial charge is 0.258 e. The lowest BCUT2D eigenvalue weighted by Gasteiger charge is -2.18. The van der Waals surface area contributed by atoms with E-state index in [1.807, 2.05) is 44.2 Å². The van der Waals surface area contributed by atoms with Crippen LogP contribution in [0.2, 0.25) is 5.02 Å². The fourth-order valence-corrected chi connectivity index (χ4v) is 2.47. The van der Waals surface area contributed by atoms with Gasteiger partial charge in [0, 0.05) is 5.02 Å². The molecule has 24 heavy (non-hydrogen) atoms. The van der Waals surface area contributed by atoms with Crippen molar-refractivity contribution in [3.63, 3.8) is 0 Å². The molecule has 0 heterocycles. The van der Waals surface area contributed by atoms with Crippen molar-refractivity contribution in [2.24, 2.45) is 0 Å². The SMILES string of the molecule is CCC(NC(=O)COc1ccc(Cl)c(C)c1)c1ccc(OC)cc1. The van der Waals surface area contributed by atoms with Gasteiger partial charge in [0.1, 0.15) is 11.5 Å². The molecule has 1 amide bonds. The Morgan fingerprint density at radius 1 is 1.17 bits per heavy atom. The van der Waals surface area contributed by atoms with Gasteiger partial charge in [0.2, 0.25) is 0 Å². The van der Waals surface area contributed by atoms with E-state index in [1.54, 1.807) is 19.2 Å². The number of methoxy groups -OCH3 is 1. The van der Waals surface area contributed by atoms with Gasteiger partial charge in [0.05, 0.1) is 13.2 Å². The minimum atomic E-state index is -0.162. The van der Waals surface area contributed by atoms with E-state index < -0.39 is 0 Å². The first-order valence-corrected chi connectivity index (χ1v) is 8.23. The van der Waals surface area contributed by atoms with E-state index in [0.717, 1.165) is 23.3 Å². The summed E-state index contributed by atoms with van der Waals surface area (Å²) < 4.78 is 10.7. The van der Waals surface area contributed by atoms with E-state index in [-0.39, 0.29) is 18.6 Å². The highest BCUT2D eigenvalue weighted by Gasteiger charge is 2.13. The van der Waals surface area contributed by atoms with Gasteiger partial charge in [-0.2, -0.15) is 0 Å². The van der Waals surface area contributed by atoms with Crippen LogP contribution in [0, 0.1) is 6.92 Å². The molecule has 5 heteroatoms. The summed E-state index contributed by atoms with van der Waals surface area (Å²) >= 11 is 5.98. The fourth-order valence-electron chi connectivity index (χ4n) is 2.35. The fraction of sp³-hybridized carbons (Fsp3) is 0.316. The summed E-state index contributed by atoms with van der Waals surface area (Å²) in [6.45, 7) is 3.89. The molecule has 0 aliphatic rings. The Morgan fingerprint density at radius 2 is 1.83 bits per heavy atom. The number of benzene rings is 2. The Labute approximate surface area is 147 Å². The molecule has 0 fully saturated rings. The normalized spacial score (nSPS) is 11.7. The molecular formula is C19H22ClNO3. The van der Waals surface area contributed by atoms with Crippen molar-refractivity contribution in [2.75, 3.05) is 13.7 Å².